The van der Waals surface area contributed by atoms with Gasteiger partial charge in [-0.3, -0.25) is 20.4 Å². The molecule has 116 valence electrons. The van der Waals surface area contributed by atoms with Gasteiger partial charge in [-0.05, 0) is 42.8 Å². The number of aromatic amines is 1. The summed E-state index contributed by atoms with van der Waals surface area (Å²) in [5.74, 6) is -0.519. The lowest BCUT2D eigenvalue weighted by Crippen LogP contribution is -2.41. The van der Waals surface area contributed by atoms with Crippen molar-refractivity contribution in [3.63, 3.8) is 0 Å². The molecule has 22 heavy (non-hydrogen) atoms. The van der Waals surface area contributed by atoms with Gasteiger partial charge in [0.15, 0.2) is 0 Å². The molecule has 0 unspecified atom stereocenters. The third-order valence-electron chi connectivity index (χ3n) is 2.79. The van der Waals surface area contributed by atoms with Crippen molar-refractivity contribution in [2.75, 3.05) is 6.61 Å². The van der Waals surface area contributed by atoms with Crippen LogP contribution in [0.1, 0.15) is 23.3 Å². The lowest BCUT2D eigenvalue weighted by Gasteiger charge is -2.07. The van der Waals surface area contributed by atoms with Crippen molar-refractivity contribution in [1.29, 1.82) is 0 Å². The number of hydrogen-bond donors (Lipinski definition) is 3. The Labute approximate surface area is 126 Å². The Bertz CT molecular complexity index is 611. The second-order valence-corrected chi connectivity index (χ2v) is 4.49. The van der Waals surface area contributed by atoms with Crippen molar-refractivity contribution in [1.82, 2.24) is 15.8 Å². The third-order valence-corrected chi connectivity index (χ3v) is 2.79. The number of rotatable bonds is 6. The molecule has 2 aromatic rings. The summed E-state index contributed by atoms with van der Waals surface area (Å²) < 4.78 is 18.0. The Balaban J connectivity index is 1.59. The SMILES string of the molecule is O=C(CCCOc1ccc(F)cc1)NNC(=O)c1ccc[nH]1. The smallest absolute Gasteiger partial charge is 0.286 e. The molecule has 0 spiro atoms. The Morgan fingerprint density at radius 3 is 2.59 bits per heavy atom. The van der Waals surface area contributed by atoms with Gasteiger partial charge in [0, 0.05) is 12.6 Å². The van der Waals surface area contributed by atoms with E-state index in [2.05, 4.69) is 15.8 Å². The van der Waals surface area contributed by atoms with E-state index in [9.17, 15) is 14.0 Å². The number of nitrogens with one attached hydrogen (secondary N) is 3. The van der Waals surface area contributed by atoms with Crippen molar-refractivity contribution >= 4 is 11.8 Å². The number of halogens is 1. The minimum atomic E-state index is -0.416. The molecule has 0 fully saturated rings. The lowest BCUT2D eigenvalue weighted by molar-refractivity contribution is -0.122. The van der Waals surface area contributed by atoms with Crippen LogP contribution >= 0.6 is 0 Å². The highest BCUT2D eigenvalue weighted by Gasteiger charge is 2.07. The van der Waals surface area contributed by atoms with E-state index in [1.54, 1.807) is 18.3 Å². The largest absolute Gasteiger partial charge is 0.494 e. The lowest BCUT2D eigenvalue weighted by atomic mass is 10.3. The van der Waals surface area contributed by atoms with Gasteiger partial charge in [0.1, 0.15) is 17.3 Å². The van der Waals surface area contributed by atoms with Gasteiger partial charge in [-0.15, -0.1) is 0 Å². The van der Waals surface area contributed by atoms with Gasteiger partial charge >= 0.3 is 0 Å². The first-order valence-corrected chi connectivity index (χ1v) is 6.76. The van der Waals surface area contributed by atoms with E-state index in [0.717, 1.165) is 0 Å². The number of hydrazine groups is 1. The third kappa shape index (κ3) is 4.93. The zero-order valence-corrected chi connectivity index (χ0v) is 11.8. The van der Waals surface area contributed by atoms with E-state index >= 15 is 0 Å². The number of H-pyrrole nitrogens is 1. The fraction of sp³-hybridized carbons (Fsp3) is 0.200. The van der Waals surface area contributed by atoms with Crippen LogP contribution in [-0.4, -0.2) is 23.4 Å². The second-order valence-electron chi connectivity index (χ2n) is 4.49. The molecule has 0 atom stereocenters. The first kappa shape index (κ1) is 15.6. The van der Waals surface area contributed by atoms with Gasteiger partial charge in [0.05, 0.1) is 6.61 Å². The van der Waals surface area contributed by atoms with E-state index in [1.165, 1.54) is 24.3 Å². The highest BCUT2D eigenvalue weighted by atomic mass is 19.1. The van der Waals surface area contributed by atoms with E-state index in [4.69, 9.17) is 4.74 Å². The van der Waals surface area contributed by atoms with Crippen molar-refractivity contribution in [2.24, 2.45) is 0 Å². The number of carbonyl (C=O) groups excluding carboxylic acids is 2. The van der Waals surface area contributed by atoms with Crippen LogP contribution < -0.4 is 15.6 Å². The fourth-order valence-electron chi connectivity index (χ4n) is 1.68. The van der Waals surface area contributed by atoms with E-state index in [0.29, 0.717) is 24.5 Å². The minimum absolute atomic E-state index is 0.201. The molecule has 2 rings (SSSR count). The average molecular weight is 305 g/mol. The van der Waals surface area contributed by atoms with Crippen molar-refractivity contribution in [2.45, 2.75) is 12.8 Å². The van der Waals surface area contributed by atoms with Gasteiger partial charge in [-0.1, -0.05) is 0 Å². The summed E-state index contributed by atoms with van der Waals surface area (Å²) in [6.07, 6.45) is 2.29. The summed E-state index contributed by atoms with van der Waals surface area (Å²) >= 11 is 0. The van der Waals surface area contributed by atoms with Crippen LogP contribution in [-0.2, 0) is 4.79 Å². The Hall–Kier alpha value is -2.83. The summed E-state index contributed by atoms with van der Waals surface area (Å²) in [4.78, 5) is 25.8. The fourth-order valence-corrected chi connectivity index (χ4v) is 1.68. The van der Waals surface area contributed by atoms with Crippen LogP contribution in [0.5, 0.6) is 5.75 Å². The van der Waals surface area contributed by atoms with Gasteiger partial charge < -0.3 is 9.72 Å². The molecule has 1 aromatic carbocycles. The topological polar surface area (TPSA) is 83.2 Å². The number of ether oxygens (including phenoxy) is 1. The molecule has 6 nitrogen and oxygen atoms in total. The first-order chi connectivity index (χ1) is 10.6. The summed E-state index contributed by atoms with van der Waals surface area (Å²) in [6, 6.07) is 8.93. The number of aromatic nitrogens is 1. The summed E-state index contributed by atoms with van der Waals surface area (Å²) in [5.41, 5.74) is 4.97. The molecule has 0 radical (unpaired) electrons. The minimum Gasteiger partial charge on any atom is -0.494 e. The second kappa shape index (κ2) is 7.82. The Morgan fingerprint density at radius 2 is 1.91 bits per heavy atom. The normalized spacial score (nSPS) is 10.0. The van der Waals surface area contributed by atoms with Crippen LogP contribution in [0.15, 0.2) is 42.6 Å². The number of benzene rings is 1. The standard InChI is InChI=1S/C15H16FN3O3/c16-11-5-7-12(8-6-11)22-10-2-4-14(20)18-19-15(21)13-3-1-9-17-13/h1,3,5-9,17H,2,4,10H2,(H,18,20)(H,19,21). The zero-order chi connectivity index (χ0) is 15.8. The first-order valence-electron chi connectivity index (χ1n) is 6.76. The summed E-state index contributed by atoms with van der Waals surface area (Å²) in [6.45, 7) is 0.323. The molecule has 1 heterocycles. The highest BCUT2D eigenvalue weighted by molar-refractivity contribution is 5.93. The van der Waals surface area contributed by atoms with Crippen molar-refractivity contribution in [3.8, 4) is 5.75 Å². The van der Waals surface area contributed by atoms with Crippen molar-refractivity contribution in [3.05, 3.63) is 54.1 Å². The predicted molar refractivity (Wildman–Crippen MR) is 77.5 cm³/mol. The van der Waals surface area contributed by atoms with Crippen LogP contribution in [0.4, 0.5) is 4.39 Å². The van der Waals surface area contributed by atoms with E-state index in [1.807, 2.05) is 0 Å². The molecule has 0 aliphatic carbocycles. The summed E-state index contributed by atoms with van der Waals surface area (Å²) in [7, 11) is 0. The predicted octanol–water partition coefficient (Wildman–Crippen LogP) is 1.77. The zero-order valence-electron chi connectivity index (χ0n) is 11.8. The molecule has 7 heteroatoms. The van der Waals surface area contributed by atoms with Crippen LogP contribution in [0.3, 0.4) is 0 Å². The summed E-state index contributed by atoms with van der Waals surface area (Å²) in [5, 5.41) is 0. The maximum Gasteiger partial charge on any atom is 0.286 e. The molecule has 3 N–H and O–H groups in total. The molecule has 0 saturated heterocycles. The molecule has 0 bridgehead atoms. The molecule has 0 saturated carbocycles. The number of amides is 2. The molecular weight excluding hydrogens is 289 g/mol. The maximum atomic E-state index is 12.7. The number of carbonyl (C=O) groups is 2. The average Bonchev–Trinajstić information content (AvgIpc) is 3.05. The number of hydrogen-bond acceptors (Lipinski definition) is 3. The highest BCUT2D eigenvalue weighted by Crippen LogP contribution is 2.11. The monoisotopic (exact) mass is 305 g/mol. The molecule has 1 aromatic heterocycles. The van der Waals surface area contributed by atoms with Crippen LogP contribution in [0, 0.1) is 5.82 Å². The van der Waals surface area contributed by atoms with Gasteiger partial charge in [0.25, 0.3) is 5.91 Å². The van der Waals surface area contributed by atoms with E-state index in [-0.39, 0.29) is 18.1 Å². The Kier molecular flexibility index (Phi) is 5.53. The van der Waals surface area contributed by atoms with Gasteiger partial charge in [-0.25, -0.2) is 4.39 Å². The van der Waals surface area contributed by atoms with Gasteiger partial charge in [0.2, 0.25) is 5.91 Å². The van der Waals surface area contributed by atoms with Crippen LogP contribution in [0.2, 0.25) is 0 Å². The van der Waals surface area contributed by atoms with Crippen LogP contribution in [0.25, 0.3) is 0 Å². The molecule has 2 amide bonds. The van der Waals surface area contributed by atoms with Gasteiger partial charge in [-0.2, -0.15) is 0 Å². The Morgan fingerprint density at radius 1 is 1.14 bits per heavy atom. The molecule has 0 aliphatic rings. The molecular formula is C15H16FN3O3. The molecule has 0 aliphatic heterocycles. The quantitative estimate of drug-likeness (QED) is 0.562. The van der Waals surface area contributed by atoms with E-state index < -0.39 is 5.91 Å². The van der Waals surface area contributed by atoms with Crippen molar-refractivity contribution < 1.29 is 18.7 Å². The maximum absolute atomic E-state index is 12.7.